The molecule has 0 bridgehead atoms. The van der Waals surface area contributed by atoms with Crippen LogP contribution in [0.25, 0.3) is 0 Å². The Morgan fingerprint density at radius 1 is 1.33 bits per heavy atom. The summed E-state index contributed by atoms with van der Waals surface area (Å²) in [5.74, 6) is 0.720. The number of halogens is 3. The van der Waals surface area contributed by atoms with E-state index < -0.39 is 27.7 Å². The van der Waals surface area contributed by atoms with Crippen LogP contribution in [0.2, 0.25) is 0 Å². The maximum absolute atomic E-state index is 13.0. The topological polar surface area (TPSA) is 71.0 Å². The molecule has 1 aromatic rings. The fraction of sp³-hybridized carbons (Fsp3) is 0.650. The van der Waals surface area contributed by atoms with E-state index in [2.05, 4.69) is 10.3 Å². The first kappa shape index (κ1) is 24.5. The van der Waals surface area contributed by atoms with Crippen LogP contribution in [0.1, 0.15) is 37.5 Å². The molecule has 0 saturated carbocycles. The van der Waals surface area contributed by atoms with Crippen molar-refractivity contribution in [1.29, 1.82) is 0 Å². The van der Waals surface area contributed by atoms with Crippen molar-refractivity contribution in [2.75, 3.05) is 45.3 Å². The average Bonchev–Trinajstić information content (AvgIpc) is 2.66. The van der Waals surface area contributed by atoms with Gasteiger partial charge in [-0.3, -0.25) is 4.99 Å². The molecule has 0 aliphatic carbocycles. The first-order chi connectivity index (χ1) is 13.8. The second-order valence-corrected chi connectivity index (χ2v) is 10.6. The first-order valence-corrected chi connectivity index (χ1v) is 11.8. The van der Waals surface area contributed by atoms with Gasteiger partial charge in [0.2, 0.25) is 0 Å². The second-order valence-electron chi connectivity index (χ2n) is 8.37. The summed E-state index contributed by atoms with van der Waals surface area (Å²) in [4.78, 5) is 6.23. The predicted octanol–water partition coefficient (Wildman–Crippen LogP) is 3.12. The Morgan fingerprint density at radius 2 is 2.03 bits per heavy atom. The molecule has 1 atom stereocenters. The molecule has 0 aromatic heterocycles. The molecule has 1 fully saturated rings. The molecular formula is C20H30F3N3O3S. The Kier molecular flexibility index (Phi) is 7.79. The van der Waals surface area contributed by atoms with Crippen LogP contribution in [0.15, 0.2) is 29.3 Å². The number of rotatable bonds is 6. The fourth-order valence-electron chi connectivity index (χ4n) is 3.16. The number of aliphatic imine (C=N–C) groups is 1. The van der Waals surface area contributed by atoms with E-state index in [1.54, 1.807) is 13.1 Å². The molecule has 1 aromatic carbocycles. The summed E-state index contributed by atoms with van der Waals surface area (Å²) in [5.41, 5.74) is -0.500. The van der Waals surface area contributed by atoms with Gasteiger partial charge in [0.1, 0.15) is 15.9 Å². The highest BCUT2D eigenvalue weighted by Crippen LogP contribution is 2.32. The molecule has 10 heteroatoms. The van der Waals surface area contributed by atoms with Crippen molar-refractivity contribution < 1.29 is 26.3 Å². The molecule has 1 heterocycles. The zero-order valence-electron chi connectivity index (χ0n) is 17.8. The minimum atomic E-state index is -4.40. The van der Waals surface area contributed by atoms with Crippen LogP contribution in [0.4, 0.5) is 13.2 Å². The molecule has 1 saturated heterocycles. The Labute approximate surface area is 176 Å². The summed E-state index contributed by atoms with van der Waals surface area (Å²) < 4.78 is 67.7. The van der Waals surface area contributed by atoms with E-state index in [0.29, 0.717) is 44.2 Å². The smallest absolute Gasteiger partial charge is 0.370 e. The van der Waals surface area contributed by atoms with Crippen LogP contribution < -0.4 is 5.32 Å². The maximum Gasteiger partial charge on any atom is 0.416 e. The molecular weight excluding hydrogens is 419 g/mol. The number of nitrogens with zero attached hydrogens (tertiary/aromatic N) is 2. The minimum Gasteiger partial charge on any atom is -0.370 e. The summed E-state index contributed by atoms with van der Waals surface area (Å²) >= 11 is 0. The number of hydrogen-bond acceptors (Lipinski definition) is 4. The lowest BCUT2D eigenvalue weighted by atomic mass is 9.90. The Hall–Kier alpha value is -1.81. The third kappa shape index (κ3) is 7.46. The summed E-state index contributed by atoms with van der Waals surface area (Å²) in [7, 11) is -1.40. The van der Waals surface area contributed by atoms with Gasteiger partial charge in [0.25, 0.3) is 0 Å². The van der Waals surface area contributed by atoms with Gasteiger partial charge in [0, 0.05) is 26.4 Å². The highest BCUT2D eigenvalue weighted by Gasteiger charge is 2.32. The summed E-state index contributed by atoms with van der Waals surface area (Å²) in [5, 5.41) is 3.27. The number of alkyl halides is 3. The van der Waals surface area contributed by atoms with Crippen LogP contribution in [0, 0.1) is 5.41 Å². The molecule has 30 heavy (non-hydrogen) atoms. The van der Waals surface area contributed by atoms with E-state index in [4.69, 9.17) is 4.74 Å². The molecule has 1 unspecified atom stereocenters. The number of sulfone groups is 1. The summed E-state index contributed by atoms with van der Waals surface area (Å²) in [6, 6.07) is 5.19. The number of hydrogen-bond donors (Lipinski definition) is 1. The van der Waals surface area contributed by atoms with E-state index in [0.717, 1.165) is 12.1 Å². The largest absolute Gasteiger partial charge is 0.416 e. The zero-order chi connectivity index (χ0) is 22.6. The summed E-state index contributed by atoms with van der Waals surface area (Å²) in [6.07, 6.45) is -3.18. The van der Waals surface area contributed by atoms with Gasteiger partial charge >= 0.3 is 6.18 Å². The van der Waals surface area contributed by atoms with Crippen LogP contribution in [0.5, 0.6) is 0 Å². The molecule has 1 aliphatic heterocycles. The Morgan fingerprint density at radius 3 is 2.63 bits per heavy atom. The summed E-state index contributed by atoms with van der Waals surface area (Å²) in [6.45, 7) is 5.75. The molecule has 2 rings (SSSR count). The van der Waals surface area contributed by atoms with Gasteiger partial charge in [-0.25, -0.2) is 8.42 Å². The first-order valence-electron chi connectivity index (χ1n) is 9.73. The van der Waals surface area contributed by atoms with E-state index in [1.165, 1.54) is 12.3 Å². The van der Waals surface area contributed by atoms with E-state index in [1.807, 2.05) is 18.7 Å². The second kappa shape index (κ2) is 9.55. The highest BCUT2D eigenvalue weighted by molar-refractivity contribution is 7.90. The SMILES string of the molecule is CN=C(NCC(C)(C)CCS(C)(=O)=O)N1CCOC(c2cccc(C(F)(F)F)c2)C1. The number of ether oxygens (including phenoxy) is 1. The fourth-order valence-corrected chi connectivity index (χ4v) is 4.08. The lowest BCUT2D eigenvalue weighted by Gasteiger charge is -2.36. The van der Waals surface area contributed by atoms with Crippen molar-refractivity contribution in [1.82, 2.24) is 10.2 Å². The maximum atomic E-state index is 13.0. The lowest BCUT2D eigenvalue weighted by molar-refractivity contribution is -0.137. The monoisotopic (exact) mass is 449 g/mol. The van der Waals surface area contributed by atoms with Gasteiger partial charge in [-0.2, -0.15) is 13.2 Å². The van der Waals surface area contributed by atoms with Crippen molar-refractivity contribution in [3.63, 3.8) is 0 Å². The van der Waals surface area contributed by atoms with Crippen molar-refractivity contribution in [3.8, 4) is 0 Å². The van der Waals surface area contributed by atoms with E-state index in [-0.39, 0.29) is 11.2 Å². The van der Waals surface area contributed by atoms with Crippen molar-refractivity contribution >= 4 is 15.8 Å². The van der Waals surface area contributed by atoms with Crippen LogP contribution >= 0.6 is 0 Å². The third-order valence-electron chi connectivity index (χ3n) is 5.04. The van der Waals surface area contributed by atoms with Gasteiger partial charge in [-0.15, -0.1) is 0 Å². The predicted molar refractivity (Wildman–Crippen MR) is 111 cm³/mol. The molecule has 0 radical (unpaired) electrons. The van der Waals surface area contributed by atoms with E-state index in [9.17, 15) is 21.6 Å². The molecule has 1 aliphatic rings. The van der Waals surface area contributed by atoms with Crippen molar-refractivity contribution in [2.45, 2.75) is 32.5 Å². The average molecular weight is 450 g/mol. The van der Waals surface area contributed by atoms with Crippen molar-refractivity contribution in [3.05, 3.63) is 35.4 Å². The lowest BCUT2D eigenvalue weighted by Crippen LogP contribution is -2.50. The number of nitrogens with one attached hydrogen (secondary N) is 1. The highest BCUT2D eigenvalue weighted by atomic mass is 32.2. The van der Waals surface area contributed by atoms with Crippen LogP contribution in [-0.2, 0) is 20.8 Å². The minimum absolute atomic E-state index is 0.107. The zero-order valence-corrected chi connectivity index (χ0v) is 18.6. The number of guanidine groups is 1. The van der Waals surface area contributed by atoms with Crippen LogP contribution in [-0.4, -0.2) is 64.6 Å². The number of benzene rings is 1. The van der Waals surface area contributed by atoms with Gasteiger partial charge in [0.15, 0.2) is 5.96 Å². The van der Waals surface area contributed by atoms with Crippen LogP contribution in [0.3, 0.4) is 0 Å². The number of morpholine rings is 1. The molecule has 6 nitrogen and oxygen atoms in total. The quantitative estimate of drug-likeness (QED) is 0.534. The van der Waals surface area contributed by atoms with Gasteiger partial charge in [-0.05, 0) is 29.5 Å². The Balaban J connectivity index is 2.03. The third-order valence-corrected chi connectivity index (χ3v) is 5.98. The molecule has 0 amide bonds. The van der Waals surface area contributed by atoms with Gasteiger partial charge < -0.3 is 15.0 Å². The van der Waals surface area contributed by atoms with Gasteiger partial charge in [0.05, 0.1) is 24.5 Å². The molecule has 1 N–H and O–H groups in total. The normalized spacial score (nSPS) is 19.1. The molecule has 170 valence electrons. The van der Waals surface area contributed by atoms with E-state index >= 15 is 0 Å². The Bertz CT molecular complexity index is 854. The molecule has 0 spiro atoms. The van der Waals surface area contributed by atoms with Crippen molar-refractivity contribution in [2.24, 2.45) is 10.4 Å². The standard InChI is InChI=1S/C20H30F3N3O3S/c1-19(2,8-11-30(4,27)28)14-25-18(24-3)26-9-10-29-17(13-26)15-6-5-7-16(12-15)20(21,22)23/h5-7,12,17H,8-11,13-14H2,1-4H3,(H,24,25). The van der Waals surface area contributed by atoms with Gasteiger partial charge in [-0.1, -0.05) is 26.0 Å².